The molecule has 24 heavy (non-hydrogen) atoms. The standard InChI is InChI=1S/C19H26O5/c1-10-6-12-15-13(18(15,3)4)7-11(2)19(16(12)21,17(22)23-5)8-14(20)24-9-10/h11-13,15H,1,6-9H2,2-5H3/t11-,12+,13-,15+,19-/m1/s1. The summed E-state index contributed by atoms with van der Waals surface area (Å²) in [6.45, 7) is 10.3. The maximum absolute atomic E-state index is 13.6. The lowest BCUT2D eigenvalue weighted by Crippen LogP contribution is -2.49. The van der Waals surface area contributed by atoms with Crippen molar-refractivity contribution in [1.82, 2.24) is 0 Å². The molecule has 0 N–H and O–H groups in total. The van der Waals surface area contributed by atoms with Crippen LogP contribution < -0.4 is 0 Å². The van der Waals surface area contributed by atoms with Crippen molar-refractivity contribution >= 4 is 17.7 Å². The molecule has 3 rings (SSSR count). The van der Waals surface area contributed by atoms with Gasteiger partial charge in [-0.15, -0.1) is 0 Å². The zero-order valence-electron chi connectivity index (χ0n) is 14.9. The lowest BCUT2D eigenvalue weighted by molar-refractivity contribution is -0.169. The number of carbonyl (C=O) groups excluding carboxylic acids is 3. The molecule has 1 heterocycles. The highest BCUT2D eigenvalue weighted by Crippen LogP contribution is 2.69. The van der Waals surface area contributed by atoms with Crippen molar-refractivity contribution in [1.29, 1.82) is 0 Å². The largest absolute Gasteiger partial charge is 0.468 e. The molecule has 0 radical (unpaired) electrons. The highest BCUT2D eigenvalue weighted by Gasteiger charge is 2.69. The fourth-order valence-corrected chi connectivity index (χ4v) is 5.22. The molecule has 5 atom stereocenters. The van der Waals surface area contributed by atoms with Crippen LogP contribution in [0.1, 0.15) is 40.0 Å². The number of methoxy groups -OCH3 is 1. The topological polar surface area (TPSA) is 69.7 Å². The second-order valence-corrected chi connectivity index (χ2v) is 8.32. The molecule has 0 amide bonds. The van der Waals surface area contributed by atoms with Gasteiger partial charge in [0.15, 0.2) is 5.78 Å². The van der Waals surface area contributed by atoms with Crippen LogP contribution in [0.3, 0.4) is 0 Å². The maximum Gasteiger partial charge on any atom is 0.320 e. The van der Waals surface area contributed by atoms with Crippen LogP contribution in [0.5, 0.6) is 0 Å². The maximum atomic E-state index is 13.6. The molecule has 0 aromatic carbocycles. The Morgan fingerprint density at radius 2 is 2.00 bits per heavy atom. The van der Waals surface area contributed by atoms with Gasteiger partial charge in [0.05, 0.1) is 13.5 Å². The van der Waals surface area contributed by atoms with E-state index < -0.39 is 17.4 Å². The molecule has 5 nitrogen and oxygen atoms in total. The minimum absolute atomic E-state index is 0.0794. The van der Waals surface area contributed by atoms with E-state index in [1.807, 2.05) is 6.92 Å². The summed E-state index contributed by atoms with van der Waals surface area (Å²) in [5.41, 5.74) is -0.612. The van der Waals surface area contributed by atoms with E-state index >= 15 is 0 Å². The van der Waals surface area contributed by atoms with Crippen molar-refractivity contribution in [3.05, 3.63) is 12.2 Å². The Morgan fingerprint density at radius 3 is 2.62 bits per heavy atom. The summed E-state index contributed by atoms with van der Waals surface area (Å²) in [6, 6.07) is 0. The first-order valence-corrected chi connectivity index (χ1v) is 8.61. The van der Waals surface area contributed by atoms with E-state index in [0.29, 0.717) is 12.3 Å². The van der Waals surface area contributed by atoms with Gasteiger partial charge in [-0.05, 0) is 41.6 Å². The van der Waals surface area contributed by atoms with Crippen molar-refractivity contribution < 1.29 is 23.9 Å². The van der Waals surface area contributed by atoms with Gasteiger partial charge in [0.25, 0.3) is 0 Å². The van der Waals surface area contributed by atoms with Crippen LogP contribution in [0.2, 0.25) is 0 Å². The number of esters is 2. The quantitative estimate of drug-likeness (QED) is 0.419. The van der Waals surface area contributed by atoms with Gasteiger partial charge in [0.1, 0.15) is 12.0 Å². The number of cyclic esters (lactones) is 1. The molecule has 1 saturated heterocycles. The third-order valence-electron chi connectivity index (χ3n) is 6.72. The van der Waals surface area contributed by atoms with Crippen molar-refractivity contribution in [2.45, 2.75) is 40.0 Å². The molecule has 0 aromatic rings. The van der Waals surface area contributed by atoms with E-state index in [2.05, 4.69) is 20.4 Å². The van der Waals surface area contributed by atoms with Crippen molar-refractivity contribution in [3.8, 4) is 0 Å². The Bertz CT molecular complexity index is 619. The van der Waals surface area contributed by atoms with Crippen LogP contribution in [0.15, 0.2) is 12.2 Å². The van der Waals surface area contributed by atoms with Gasteiger partial charge in [0.2, 0.25) is 0 Å². The molecular weight excluding hydrogens is 308 g/mol. The number of hydrogen-bond donors (Lipinski definition) is 0. The summed E-state index contributed by atoms with van der Waals surface area (Å²) < 4.78 is 10.2. The first kappa shape index (κ1) is 17.2. The number of fused-ring (bicyclic) bond motifs is 4. The summed E-state index contributed by atoms with van der Waals surface area (Å²) in [4.78, 5) is 38.5. The van der Waals surface area contributed by atoms with E-state index in [1.54, 1.807) is 0 Å². The molecule has 3 aliphatic rings. The highest BCUT2D eigenvalue weighted by atomic mass is 16.5. The normalized spacial score (nSPS) is 41.1. The van der Waals surface area contributed by atoms with Crippen LogP contribution in [-0.4, -0.2) is 31.4 Å². The van der Waals surface area contributed by atoms with Crippen LogP contribution in [0, 0.1) is 34.5 Å². The zero-order valence-corrected chi connectivity index (χ0v) is 14.9. The van der Waals surface area contributed by atoms with Crippen molar-refractivity contribution in [3.63, 3.8) is 0 Å². The second-order valence-electron chi connectivity index (χ2n) is 8.32. The number of rotatable bonds is 1. The number of ether oxygens (including phenoxy) is 2. The lowest BCUT2D eigenvalue weighted by Gasteiger charge is -2.36. The Kier molecular flexibility index (Phi) is 3.89. The third-order valence-corrected chi connectivity index (χ3v) is 6.72. The molecule has 132 valence electrons. The van der Waals surface area contributed by atoms with E-state index in [4.69, 9.17) is 9.47 Å². The first-order valence-electron chi connectivity index (χ1n) is 8.61. The number of hydrogen-bond acceptors (Lipinski definition) is 5. The summed E-state index contributed by atoms with van der Waals surface area (Å²) in [6.07, 6.45) is 0.986. The zero-order chi connectivity index (χ0) is 17.9. The van der Waals surface area contributed by atoms with Crippen molar-refractivity contribution in [2.75, 3.05) is 13.7 Å². The summed E-state index contributed by atoms with van der Waals surface area (Å²) in [5, 5.41) is 0. The molecular formula is C19H26O5. The Morgan fingerprint density at radius 1 is 1.33 bits per heavy atom. The monoisotopic (exact) mass is 334 g/mol. The molecule has 5 heteroatoms. The SMILES string of the molecule is C=C1COC(=O)C[C@]2(C(=O)OC)C(=O)[C@@H](C1)[C@H]1[C@@H](C[C@H]2C)C1(C)C. The predicted octanol–water partition coefficient (Wildman–Crippen LogP) is 2.54. The summed E-state index contributed by atoms with van der Waals surface area (Å²) in [7, 11) is 1.28. The van der Waals surface area contributed by atoms with Gasteiger partial charge in [-0.1, -0.05) is 27.4 Å². The fraction of sp³-hybridized carbons (Fsp3) is 0.737. The molecule has 2 aliphatic carbocycles. The Hall–Kier alpha value is -1.65. The molecule has 2 saturated carbocycles. The van der Waals surface area contributed by atoms with E-state index in [-0.39, 0.29) is 42.0 Å². The smallest absolute Gasteiger partial charge is 0.320 e. The van der Waals surface area contributed by atoms with Gasteiger partial charge < -0.3 is 9.47 Å². The molecule has 2 bridgehead atoms. The van der Waals surface area contributed by atoms with E-state index in [1.165, 1.54) is 7.11 Å². The summed E-state index contributed by atoms with van der Waals surface area (Å²) in [5.74, 6) is -1.22. The fourth-order valence-electron chi connectivity index (χ4n) is 5.22. The van der Waals surface area contributed by atoms with Gasteiger partial charge >= 0.3 is 11.9 Å². The molecule has 0 unspecified atom stereocenters. The van der Waals surface area contributed by atoms with Crippen LogP contribution in [0.25, 0.3) is 0 Å². The Balaban J connectivity index is 2.13. The highest BCUT2D eigenvalue weighted by molar-refractivity contribution is 6.08. The number of Topliss-reactive ketones (excluding diaryl/α,β-unsaturated/α-hetero) is 1. The predicted molar refractivity (Wildman–Crippen MR) is 86.8 cm³/mol. The van der Waals surface area contributed by atoms with Gasteiger partial charge in [0, 0.05) is 5.92 Å². The third kappa shape index (κ3) is 2.24. The first-order chi connectivity index (χ1) is 11.2. The van der Waals surface area contributed by atoms with Crippen molar-refractivity contribution in [2.24, 2.45) is 34.5 Å². The van der Waals surface area contributed by atoms with Gasteiger partial charge in [-0.2, -0.15) is 0 Å². The second kappa shape index (κ2) is 5.43. The molecule has 1 aliphatic heterocycles. The molecule has 0 spiro atoms. The van der Waals surface area contributed by atoms with E-state index in [0.717, 1.165) is 12.0 Å². The van der Waals surface area contributed by atoms with Crippen LogP contribution >= 0.6 is 0 Å². The molecule has 0 aromatic heterocycles. The van der Waals surface area contributed by atoms with Gasteiger partial charge in [-0.25, -0.2) is 0 Å². The minimum atomic E-state index is -1.43. The Labute approximate surface area is 142 Å². The summed E-state index contributed by atoms with van der Waals surface area (Å²) >= 11 is 0. The average Bonchev–Trinajstić information content (AvgIpc) is 3.06. The van der Waals surface area contributed by atoms with Crippen LogP contribution in [0.4, 0.5) is 0 Å². The van der Waals surface area contributed by atoms with E-state index in [9.17, 15) is 14.4 Å². The number of ketones is 1. The lowest BCUT2D eigenvalue weighted by atomic mass is 9.65. The average molecular weight is 334 g/mol. The molecule has 3 fully saturated rings. The number of carbonyl (C=O) groups is 3. The van der Waals surface area contributed by atoms with Gasteiger partial charge in [-0.3, -0.25) is 14.4 Å². The van der Waals surface area contributed by atoms with Crippen LogP contribution in [-0.2, 0) is 23.9 Å². The minimum Gasteiger partial charge on any atom is -0.468 e.